The lowest BCUT2D eigenvalue weighted by Crippen LogP contribution is -2.33. The van der Waals surface area contributed by atoms with Gasteiger partial charge in [-0.1, -0.05) is 18.6 Å². The maximum Gasteiger partial charge on any atom is 0.223 e. The molecule has 17 heavy (non-hydrogen) atoms. The average Bonchev–Trinajstić information content (AvgIpc) is 2.95. The smallest absolute Gasteiger partial charge is 0.223 e. The van der Waals surface area contributed by atoms with E-state index in [0.29, 0.717) is 18.3 Å². The SMILES string of the molecule is O=CCCCCCNC(=O)C1CC2C=CC1C2. The fourth-order valence-corrected chi connectivity index (χ4v) is 2.95. The van der Waals surface area contributed by atoms with Crippen LogP contribution in [0.4, 0.5) is 0 Å². The van der Waals surface area contributed by atoms with Crippen molar-refractivity contribution in [2.24, 2.45) is 17.8 Å². The molecule has 2 rings (SSSR count). The molecule has 0 spiro atoms. The van der Waals surface area contributed by atoms with E-state index in [2.05, 4.69) is 17.5 Å². The molecule has 0 aromatic heterocycles. The van der Waals surface area contributed by atoms with Crippen LogP contribution in [0.15, 0.2) is 12.2 Å². The molecule has 2 bridgehead atoms. The van der Waals surface area contributed by atoms with Crippen LogP contribution in [0.25, 0.3) is 0 Å². The Morgan fingerprint density at radius 2 is 2.12 bits per heavy atom. The van der Waals surface area contributed by atoms with Crippen LogP contribution < -0.4 is 5.32 Å². The van der Waals surface area contributed by atoms with E-state index in [4.69, 9.17) is 0 Å². The summed E-state index contributed by atoms with van der Waals surface area (Å²) in [6.45, 7) is 0.759. The van der Waals surface area contributed by atoms with Crippen LogP contribution in [-0.4, -0.2) is 18.7 Å². The fourth-order valence-electron chi connectivity index (χ4n) is 2.95. The third kappa shape index (κ3) is 3.18. The van der Waals surface area contributed by atoms with Crippen LogP contribution in [-0.2, 0) is 9.59 Å². The quantitative estimate of drug-likeness (QED) is 0.417. The zero-order valence-electron chi connectivity index (χ0n) is 10.2. The minimum atomic E-state index is 0.222. The van der Waals surface area contributed by atoms with E-state index in [0.717, 1.165) is 38.5 Å². The van der Waals surface area contributed by atoms with E-state index >= 15 is 0 Å². The predicted molar refractivity (Wildman–Crippen MR) is 66.4 cm³/mol. The van der Waals surface area contributed by atoms with Gasteiger partial charge in [-0.15, -0.1) is 0 Å². The summed E-state index contributed by atoms with van der Waals surface area (Å²) in [7, 11) is 0. The molecule has 3 heteroatoms. The Hall–Kier alpha value is -1.12. The van der Waals surface area contributed by atoms with Gasteiger partial charge in [-0.05, 0) is 37.5 Å². The molecule has 3 unspecified atom stereocenters. The Bertz CT molecular complexity index is 311. The Morgan fingerprint density at radius 1 is 1.24 bits per heavy atom. The summed E-state index contributed by atoms with van der Waals surface area (Å²) in [4.78, 5) is 22.0. The first-order valence-corrected chi connectivity index (χ1v) is 6.71. The number of carbonyl (C=O) groups is 2. The molecule has 3 atom stereocenters. The van der Waals surface area contributed by atoms with E-state index in [1.807, 2.05) is 0 Å². The van der Waals surface area contributed by atoms with Gasteiger partial charge in [0.2, 0.25) is 5.91 Å². The van der Waals surface area contributed by atoms with Crippen molar-refractivity contribution in [1.29, 1.82) is 0 Å². The summed E-state index contributed by atoms with van der Waals surface area (Å²) in [5.74, 6) is 1.61. The molecule has 0 heterocycles. The third-order valence-corrected chi connectivity index (χ3v) is 3.91. The average molecular weight is 235 g/mol. The Balaban J connectivity index is 1.58. The van der Waals surface area contributed by atoms with Gasteiger partial charge in [-0.3, -0.25) is 4.79 Å². The number of aldehydes is 1. The van der Waals surface area contributed by atoms with Gasteiger partial charge in [0.25, 0.3) is 0 Å². The number of rotatable bonds is 7. The number of nitrogens with one attached hydrogen (secondary N) is 1. The summed E-state index contributed by atoms with van der Waals surface area (Å²) in [6, 6.07) is 0. The molecule has 2 aliphatic carbocycles. The Labute approximate surface area is 103 Å². The molecule has 0 aromatic rings. The molecular formula is C14H21NO2. The van der Waals surface area contributed by atoms with Crippen molar-refractivity contribution < 1.29 is 9.59 Å². The van der Waals surface area contributed by atoms with Gasteiger partial charge in [0, 0.05) is 18.9 Å². The monoisotopic (exact) mass is 235 g/mol. The molecule has 0 aromatic carbocycles. The van der Waals surface area contributed by atoms with E-state index in [1.54, 1.807) is 0 Å². The van der Waals surface area contributed by atoms with Crippen LogP contribution in [0, 0.1) is 17.8 Å². The highest BCUT2D eigenvalue weighted by molar-refractivity contribution is 5.79. The molecule has 1 saturated carbocycles. The number of carbonyl (C=O) groups excluding carboxylic acids is 2. The molecule has 0 radical (unpaired) electrons. The maximum absolute atomic E-state index is 11.9. The van der Waals surface area contributed by atoms with Gasteiger partial charge in [0.15, 0.2) is 0 Å². The minimum Gasteiger partial charge on any atom is -0.356 e. The fraction of sp³-hybridized carbons (Fsp3) is 0.714. The molecule has 1 fully saturated rings. The minimum absolute atomic E-state index is 0.222. The van der Waals surface area contributed by atoms with Crippen LogP contribution in [0.2, 0.25) is 0 Å². The largest absolute Gasteiger partial charge is 0.356 e. The van der Waals surface area contributed by atoms with Crippen molar-refractivity contribution in [1.82, 2.24) is 5.32 Å². The predicted octanol–water partition coefficient (Wildman–Crippen LogP) is 2.07. The summed E-state index contributed by atoms with van der Waals surface area (Å²) in [5.41, 5.74) is 0. The number of hydrogen-bond donors (Lipinski definition) is 1. The molecule has 0 aliphatic heterocycles. The highest BCUT2D eigenvalue weighted by Gasteiger charge is 2.39. The summed E-state index contributed by atoms with van der Waals surface area (Å²) in [5, 5.41) is 3.03. The van der Waals surface area contributed by atoms with Crippen molar-refractivity contribution in [2.75, 3.05) is 6.54 Å². The second kappa shape index (κ2) is 5.99. The highest BCUT2D eigenvalue weighted by atomic mass is 16.1. The third-order valence-electron chi connectivity index (χ3n) is 3.91. The van der Waals surface area contributed by atoms with E-state index in [9.17, 15) is 9.59 Å². The van der Waals surface area contributed by atoms with Crippen molar-refractivity contribution in [3.05, 3.63) is 12.2 Å². The lowest BCUT2D eigenvalue weighted by molar-refractivity contribution is -0.125. The first-order valence-electron chi connectivity index (χ1n) is 6.71. The van der Waals surface area contributed by atoms with Crippen molar-refractivity contribution in [3.8, 4) is 0 Å². The molecule has 2 aliphatic rings. The van der Waals surface area contributed by atoms with Gasteiger partial charge in [-0.25, -0.2) is 0 Å². The zero-order valence-corrected chi connectivity index (χ0v) is 10.2. The molecular weight excluding hydrogens is 214 g/mol. The van der Waals surface area contributed by atoms with Crippen LogP contribution in [0.1, 0.15) is 38.5 Å². The van der Waals surface area contributed by atoms with Crippen LogP contribution in [0.3, 0.4) is 0 Å². The molecule has 1 N–H and O–H groups in total. The Kier molecular flexibility index (Phi) is 4.35. The molecule has 3 nitrogen and oxygen atoms in total. The normalized spacial score (nSPS) is 29.5. The van der Waals surface area contributed by atoms with Gasteiger partial charge >= 0.3 is 0 Å². The first kappa shape index (κ1) is 12.3. The van der Waals surface area contributed by atoms with Gasteiger partial charge in [-0.2, -0.15) is 0 Å². The maximum atomic E-state index is 11.9. The molecule has 1 amide bonds. The number of hydrogen-bond acceptors (Lipinski definition) is 2. The summed E-state index contributed by atoms with van der Waals surface area (Å²) < 4.78 is 0. The lowest BCUT2D eigenvalue weighted by atomic mass is 9.93. The number of unbranched alkanes of at least 4 members (excludes halogenated alkanes) is 3. The van der Waals surface area contributed by atoms with E-state index in [1.165, 1.54) is 6.42 Å². The molecule has 94 valence electrons. The van der Waals surface area contributed by atoms with Crippen molar-refractivity contribution in [2.45, 2.75) is 38.5 Å². The standard InChI is InChI=1S/C14H21NO2/c16-8-4-2-1-3-7-15-14(17)13-10-11-5-6-12(13)9-11/h5-6,8,11-13H,1-4,7,9-10H2,(H,15,17). The highest BCUT2D eigenvalue weighted by Crippen LogP contribution is 2.43. The topological polar surface area (TPSA) is 46.2 Å². The summed E-state index contributed by atoms with van der Waals surface area (Å²) >= 11 is 0. The van der Waals surface area contributed by atoms with Crippen molar-refractivity contribution in [3.63, 3.8) is 0 Å². The lowest BCUT2D eigenvalue weighted by Gasteiger charge is -2.17. The summed E-state index contributed by atoms with van der Waals surface area (Å²) in [6.07, 6.45) is 11.2. The Morgan fingerprint density at radius 3 is 2.76 bits per heavy atom. The first-order chi connectivity index (χ1) is 8.31. The zero-order chi connectivity index (χ0) is 12.1. The number of allylic oxidation sites excluding steroid dienone is 2. The van der Waals surface area contributed by atoms with E-state index in [-0.39, 0.29) is 11.8 Å². The van der Waals surface area contributed by atoms with Crippen LogP contribution >= 0.6 is 0 Å². The number of amides is 1. The van der Waals surface area contributed by atoms with Crippen LogP contribution in [0.5, 0.6) is 0 Å². The van der Waals surface area contributed by atoms with Crippen molar-refractivity contribution >= 4 is 12.2 Å². The van der Waals surface area contributed by atoms with Gasteiger partial charge in [0.1, 0.15) is 6.29 Å². The second-order valence-electron chi connectivity index (χ2n) is 5.19. The van der Waals surface area contributed by atoms with Gasteiger partial charge in [0.05, 0.1) is 0 Å². The van der Waals surface area contributed by atoms with Gasteiger partial charge < -0.3 is 10.1 Å². The molecule has 0 saturated heterocycles. The second-order valence-corrected chi connectivity index (χ2v) is 5.19. The number of fused-ring (bicyclic) bond motifs is 2. The van der Waals surface area contributed by atoms with E-state index < -0.39 is 0 Å².